The monoisotopic (exact) mass is 381 g/mol. The van der Waals surface area contributed by atoms with Gasteiger partial charge in [-0.25, -0.2) is 4.39 Å². The largest absolute Gasteiger partial charge is 0.475 e. The van der Waals surface area contributed by atoms with Crippen LogP contribution in [0.1, 0.15) is 24.8 Å². The SMILES string of the molecule is CS(=O)(=O)O.Fc1cccc(OC2CCCCN2Cc2ccccc2)c1. The van der Waals surface area contributed by atoms with Crippen molar-refractivity contribution >= 4 is 10.1 Å². The van der Waals surface area contributed by atoms with Crippen LogP contribution < -0.4 is 4.74 Å². The first-order chi connectivity index (χ1) is 12.3. The number of rotatable bonds is 4. The van der Waals surface area contributed by atoms with Crippen LogP contribution in [0.15, 0.2) is 54.6 Å². The molecule has 3 rings (SSSR count). The molecule has 1 aliphatic rings. The van der Waals surface area contributed by atoms with Gasteiger partial charge in [-0.1, -0.05) is 36.4 Å². The fraction of sp³-hybridized carbons (Fsp3) is 0.368. The van der Waals surface area contributed by atoms with Crippen LogP contribution in [0.25, 0.3) is 0 Å². The van der Waals surface area contributed by atoms with E-state index in [9.17, 15) is 12.8 Å². The lowest BCUT2D eigenvalue weighted by molar-refractivity contribution is -0.00971. The number of benzene rings is 2. The summed E-state index contributed by atoms with van der Waals surface area (Å²) in [4.78, 5) is 2.34. The Bertz CT molecular complexity index is 775. The maximum Gasteiger partial charge on any atom is 0.261 e. The summed E-state index contributed by atoms with van der Waals surface area (Å²) >= 11 is 0. The van der Waals surface area contributed by atoms with Gasteiger partial charge < -0.3 is 4.74 Å². The Hall–Kier alpha value is -1.96. The molecule has 26 heavy (non-hydrogen) atoms. The Morgan fingerprint density at radius 1 is 1.15 bits per heavy atom. The first-order valence-electron chi connectivity index (χ1n) is 8.44. The Balaban J connectivity index is 0.000000431. The molecule has 2 aromatic rings. The highest BCUT2D eigenvalue weighted by molar-refractivity contribution is 7.85. The third-order valence-electron chi connectivity index (χ3n) is 3.85. The van der Waals surface area contributed by atoms with Crippen LogP contribution in [-0.4, -0.2) is 36.9 Å². The van der Waals surface area contributed by atoms with Crippen molar-refractivity contribution < 1.29 is 22.1 Å². The van der Waals surface area contributed by atoms with E-state index in [-0.39, 0.29) is 12.0 Å². The molecule has 1 heterocycles. The lowest BCUT2D eigenvalue weighted by atomic mass is 10.1. The normalized spacial score (nSPS) is 17.9. The summed E-state index contributed by atoms with van der Waals surface area (Å²) in [6.45, 7) is 1.90. The molecule has 7 heteroatoms. The van der Waals surface area contributed by atoms with Crippen LogP contribution >= 0.6 is 0 Å². The number of piperidine rings is 1. The summed E-state index contributed by atoms with van der Waals surface area (Å²) in [7, 11) is -3.67. The molecule has 0 spiro atoms. The molecule has 1 fully saturated rings. The Labute approximate surface area is 154 Å². The van der Waals surface area contributed by atoms with Gasteiger partial charge in [-0.2, -0.15) is 8.42 Å². The molecular weight excluding hydrogens is 357 g/mol. The molecule has 0 aliphatic carbocycles. The summed E-state index contributed by atoms with van der Waals surface area (Å²) in [6.07, 6.45) is 4.08. The third kappa shape index (κ3) is 7.95. The molecule has 0 aromatic heterocycles. The Morgan fingerprint density at radius 3 is 2.50 bits per heavy atom. The van der Waals surface area contributed by atoms with Crippen LogP contribution in [0.5, 0.6) is 5.75 Å². The van der Waals surface area contributed by atoms with Crippen molar-refractivity contribution in [1.29, 1.82) is 0 Å². The zero-order valence-electron chi connectivity index (χ0n) is 14.7. The summed E-state index contributed by atoms with van der Waals surface area (Å²) in [5.74, 6) is 0.359. The molecule has 1 atom stereocenters. The number of halogens is 1. The van der Waals surface area contributed by atoms with E-state index in [1.54, 1.807) is 6.07 Å². The predicted octanol–water partition coefficient (Wildman–Crippen LogP) is 3.72. The van der Waals surface area contributed by atoms with Gasteiger partial charge in [0.15, 0.2) is 6.23 Å². The lowest BCUT2D eigenvalue weighted by Crippen LogP contribution is -2.42. The van der Waals surface area contributed by atoms with E-state index in [1.165, 1.54) is 24.1 Å². The fourth-order valence-corrected chi connectivity index (χ4v) is 2.79. The quantitative estimate of drug-likeness (QED) is 0.818. The van der Waals surface area contributed by atoms with Gasteiger partial charge in [-0.3, -0.25) is 9.45 Å². The zero-order chi connectivity index (χ0) is 19.0. The van der Waals surface area contributed by atoms with Crippen molar-refractivity contribution in [3.8, 4) is 5.75 Å². The summed E-state index contributed by atoms with van der Waals surface area (Å²) in [5, 5.41) is 0. The van der Waals surface area contributed by atoms with E-state index in [2.05, 4.69) is 29.2 Å². The fourth-order valence-electron chi connectivity index (χ4n) is 2.79. The van der Waals surface area contributed by atoms with Crippen molar-refractivity contribution in [2.75, 3.05) is 12.8 Å². The van der Waals surface area contributed by atoms with E-state index >= 15 is 0 Å². The molecule has 0 amide bonds. The maximum atomic E-state index is 13.3. The van der Waals surface area contributed by atoms with Gasteiger partial charge >= 0.3 is 0 Å². The third-order valence-corrected chi connectivity index (χ3v) is 3.85. The standard InChI is InChI=1S/C18H20FNO.CH4O3S/c19-16-9-6-10-17(13-16)21-18-11-4-5-12-20(18)14-15-7-2-1-3-8-15;1-5(2,3)4/h1-3,6-10,13,18H,4-5,11-12,14H2;1H3,(H,2,3,4). The highest BCUT2D eigenvalue weighted by Gasteiger charge is 2.24. The minimum absolute atomic E-state index is 0.0285. The Kier molecular flexibility index (Phi) is 7.56. The molecule has 1 aliphatic heterocycles. The average molecular weight is 381 g/mol. The van der Waals surface area contributed by atoms with Gasteiger partial charge in [0.25, 0.3) is 10.1 Å². The van der Waals surface area contributed by atoms with E-state index < -0.39 is 10.1 Å². The molecule has 142 valence electrons. The number of ether oxygens (including phenoxy) is 1. The minimum Gasteiger partial charge on any atom is -0.475 e. The van der Waals surface area contributed by atoms with Crippen LogP contribution in [0, 0.1) is 5.82 Å². The van der Waals surface area contributed by atoms with Crippen molar-refractivity contribution in [3.63, 3.8) is 0 Å². The zero-order valence-corrected chi connectivity index (χ0v) is 15.5. The first kappa shape index (κ1) is 20.4. The van der Waals surface area contributed by atoms with Gasteiger partial charge in [0, 0.05) is 19.2 Å². The second-order valence-corrected chi connectivity index (χ2v) is 7.68. The van der Waals surface area contributed by atoms with Crippen molar-refractivity contribution in [1.82, 2.24) is 4.90 Å². The number of hydrogen-bond acceptors (Lipinski definition) is 4. The molecule has 0 saturated carbocycles. The molecule has 1 unspecified atom stereocenters. The molecular formula is C19H24FNO4S. The van der Waals surface area contributed by atoms with Crippen molar-refractivity contribution in [2.45, 2.75) is 32.0 Å². The lowest BCUT2D eigenvalue weighted by Gasteiger charge is -2.35. The second-order valence-electron chi connectivity index (χ2n) is 6.21. The highest BCUT2D eigenvalue weighted by atomic mass is 32.2. The van der Waals surface area contributed by atoms with Crippen LogP contribution in [0.3, 0.4) is 0 Å². The van der Waals surface area contributed by atoms with Crippen molar-refractivity contribution in [2.24, 2.45) is 0 Å². The number of hydrogen-bond donors (Lipinski definition) is 1. The molecule has 0 radical (unpaired) electrons. The first-order valence-corrected chi connectivity index (χ1v) is 10.3. The summed E-state index contributed by atoms with van der Waals surface area (Å²) in [6, 6.07) is 16.8. The topological polar surface area (TPSA) is 66.8 Å². The van der Waals surface area contributed by atoms with Crippen LogP contribution in [0.4, 0.5) is 4.39 Å². The van der Waals surface area contributed by atoms with Gasteiger partial charge in [0.2, 0.25) is 0 Å². The molecule has 1 N–H and O–H groups in total. The number of likely N-dealkylation sites (tertiary alicyclic amines) is 1. The van der Waals surface area contributed by atoms with Gasteiger partial charge in [-0.05, 0) is 37.0 Å². The van der Waals surface area contributed by atoms with Crippen molar-refractivity contribution in [3.05, 3.63) is 66.0 Å². The summed E-state index contributed by atoms with van der Waals surface area (Å²) in [5.41, 5.74) is 1.28. The molecule has 5 nitrogen and oxygen atoms in total. The van der Waals surface area contributed by atoms with E-state index in [0.717, 1.165) is 25.9 Å². The Morgan fingerprint density at radius 2 is 1.85 bits per heavy atom. The van der Waals surface area contributed by atoms with E-state index in [4.69, 9.17) is 9.29 Å². The highest BCUT2D eigenvalue weighted by Crippen LogP contribution is 2.23. The number of nitrogens with zero attached hydrogens (tertiary/aromatic N) is 1. The van der Waals surface area contributed by atoms with Gasteiger partial charge in [0.05, 0.1) is 6.26 Å². The van der Waals surface area contributed by atoms with Crippen LogP contribution in [0.2, 0.25) is 0 Å². The van der Waals surface area contributed by atoms with E-state index in [0.29, 0.717) is 12.0 Å². The van der Waals surface area contributed by atoms with Gasteiger partial charge in [0.1, 0.15) is 11.6 Å². The minimum atomic E-state index is -3.67. The summed E-state index contributed by atoms with van der Waals surface area (Å²) < 4.78 is 45.1. The van der Waals surface area contributed by atoms with Gasteiger partial charge in [-0.15, -0.1) is 0 Å². The average Bonchev–Trinajstić information content (AvgIpc) is 2.56. The molecule has 0 bridgehead atoms. The predicted molar refractivity (Wildman–Crippen MR) is 99.0 cm³/mol. The van der Waals surface area contributed by atoms with E-state index in [1.807, 2.05) is 12.1 Å². The maximum absolute atomic E-state index is 13.3. The van der Waals surface area contributed by atoms with Crippen LogP contribution in [-0.2, 0) is 16.7 Å². The molecule has 1 saturated heterocycles. The molecule has 2 aromatic carbocycles. The smallest absolute Gasteiger partial charge is 0.261 e. The second kappa shape index (κ2) is 9.66.